The number of carbonyl (C=O) groups is 1. The van der Waals surface area contributed by atoms with Crippen LogP contribution in [0.15, 0.2) is 36.4 Å². The van der Waals surface area contributed by atoms with E-state index >= 15 is 0 Å². The van der Waals surface area contributed by atoms with Crippen LogP contribution in [0, 0.1) is 6.92 Å². The lowest BCUT2D eigenvalue weighted by molar-refractivity contribution is 0.0724. The number of esters is 1. The van der Waals surface area contributed by atoms with Gasteiger partial charge in [0.15, 0.2) is 11.5 Å². The average Bonchev–Trinajstić information content (AvgIpc) is 2.52. The molecule has 0 radical (unpaired) electrons. The number of aliphatic hydroxyl groups is 1. The van der Waals surface area contributed by atoms with Crippen LogP contribution < -0.4 is 9.47 Å². The molecule has 0 unspecified atom stereocenters. The normalized spacial score (nSPS) is 14.4. The van der Waals surface area contributed by atoms with E-state index in [1.165, 1.54) is 0 Å². The van der Waals surface area contributed by atoms with Gasteiger partial charge in [-0.2, -0.15) is 0 Å². The van der Waals surface area contributed by atoms with Gasteiger partial charge >= 0.3 is 5.97 Å². The van der Waals surface area contributed by atoms with Crippen LogP contribution in [0.1, 0.15) is 33.5 Å². The molecule has 4 heteroatoms. The van der Waals surface area contributed by atoms with E-state index in [0.29, 0.717) is 29.2 Å². The van der Waals surface area contributed by atoms with Gasteiger partial charge in [-0.15, -0.1) is 0 Å². The quantitative estimate of drug-likeness (QED) is 0.649. The molecular formula is C18H18O4. The summed E-state index contributed by atoms with van der Waals surface area (Å²) in [5.74, 6) is 0.489. The summed E-state index contributed by atoms with van der Waals surface area (Å²) in [6, 6.07) is 10.9. The first kappa shape index (κ1) is 14.6. The fourth-order valence-corrected chi connectivity index (χ4v) is 2.58. The maximum absolute atomic E-state index is 12.5. The molecule has 22 heavy (non-hydrogen) atoms. The second-order valence-corrected chi connectivity index (χ2v) is 5.44. The Labute approximate surface area is 129 Å². The van der Waals surface area contributed by atoms with Gasteiger partial charge in [-0.3, -0.25) is 0 Å². The zero-order valence-corrected chi connectivity index (χ0v) is 12.5. The van der Waals surface area contributed by atoms with Crippen LogP contribution in [0.4, 0.5) is 0 Å². The van der Waals surface area contributed by atoms with Gasteiger partial charge < -0.3 is 14.6 Å². The number of aryl methyl sites for hydroxylation is 2. The minimum Gasteiger partial charge on any atom is -0.490 e. The molecule has 0 spiro atoms. The second-order valence-electron chi connectivity index (χ2n) is 5.44. The van der Waals surface area contributed by atoms with E-state index in [2.05, 4.69) is 0 Å². The third kappa shape index (κ3) is 2.97. The zero-order chi connectivity index (χ0) is 15.5. The standard InChI is InChI=1S/C18H18O4/c1-12-4-6-15-14(9-12)3-2-8-21-16-7-5-13(11-19)10-17(16)22-18(15)20/h4-7,9-10,19H,2-3,8,11H2,1H3. The Morgan fingerprint density at radius 3 is 2.82 bits per heavy atom. The molecule has 1 aliphatic heterocycles. The summed E-state index contributed by atoms with van der Waals surface area (Å²) < 4.78 is 11.2. The molecule has 0 aliphatic carbocycles. The van der Waals surface area contributed by atoms with E-state index in [-0.39, 0.29) is 6.61 Å². The van der Waals surface area contributed by atoms with Gasteiger partial charge in [-0.25, -0.2) is 4.79 Å². The SMILES string of the molecule is Cc1ccc2c(c1)CCCOc1ccc(CO)cc1OC2=O. The molecule has 0 atom stereocenters. The van der Waals surface area contributed by atoms with Crippen molar-refractivity contribution in [1.29, 1.82) is 0 Å². The van der Waals surface area contributed by atoms with Crippen molar-refractivity contribution in [2.75, 3.05) is 6.61 Å². The summed E-state index contributed by atoms with van der Waals surface area (Å²) in [6.07, 6.45) is 1.60. The maximum Gasteiger partial charge on any atom is 0.343 e. The summed E-state index contributed by atoms with van der Waals surface area (Å²) in [7, 11) is 0. The van der Waals surface area contributed by atoms with E-state index in [1.807, 2.05) is 25.1 Å². The molecule has 0 saturated carbocycles. The molecule has 0 fully saturated rings. The lowest BCUT2D eigenvalue weighted by Gasteiger charge is -2.17. The summed E-state index contributed by atoms with van der Waals surface area (Å²) in [5, 5.41) is 9.24. The van der Waals surface area contributed by atoms with Crippen molar-refractivity contribution in [2.24, 2.45) is 0 Å². The van der Waals surface area contributed by atoms with Crippen LogP contribution in [-0.4, -0.2) is 17.7 Å². The first-order chi connectivity index (χ1) is 10.7. The monoisotopic (exact) mass is 298 g/mol. The van der Waals surface area contributed by atoms with Crippen LogP contribution in [0.5, 0.6) is 11.5 Å². The van der Waals surface area contributed by atoms with E-state index in [0.717, 1.165) is 24.0 Å². The topological polar surface area (TPSA) is 55.8 Å². The number of carbonyl (C=O) groups excluding carboxylic acids is 1. The van der Waals surface area contributed by atoms with Gasteiger partial charge in [0.05, 0.1) is 18.8 Å². The Morgan fingerprint density at radius 1 is 1.14 bits per heavy atom. The van der Waals surface area contributed by atoms with Gasteiger partial charge in [-0.1, -0.05) is 23.8 Å². The molecular weight excluding hydrogens is 280 g/mol. The number of fused-ring (bicyclic) bond motifs is 2. The highest BCUT2D eigenvalue weighted by Crippen LogP contribution is 2.31. The molecule has 1 heterocycles. The molecule has 2 aromatic rings. The van der Waals surface area contributed by atoms with Crippen LogP contribution >= 0.6 is 0 Å². The number of aliphatic hydroxyl groups excluding tert-OH is 1. The van der Waals surface area contributed by atoms with Crippen LogP contribution in [-0.2, 0) is 13.0 Å². The maximum atomic E-state index is 12.5. The van der Waals surface area contributed by atoms with Gasteiger partial charge in [-0.05, 0) is 49.1 Å². The molecule has 0 saturated heterocycles. The Hall–Kier alpha value is -2.33. The molecule has 0 bridgehead atoms. The lowest BCUT2D eigenvalue weighted by Crippen LogP contribution is -2.15. The van der Waals surface area contributed by atoms with Gasteiger partial charge in [0.2, 0.25) is 0 Å². The zero-order valence-electron chi connectivity index (χ0n) is 12.5. The first-order valence-electron chi connectivity index (χ1n) is 7.35. The molecule has 3 rings (SSSR count). The van der Waals surface area contributed by atoms with Crippen molar-refractivity contribution < 1.29 is 19.4 Å². The summed E-state index contributed by atoms with van der Waals surface area (Å²) in [6.45, 7) is 2.45. The predicted molar refractivity (Wildman–Crippen MR) is 82.3 cm³/mol. The molecule has 2 aromatic carbocycles. The Kier molecular flexibility index (Phi) is 4.11. The smallest absolute Gasteiger partial charge is 0.343 e. The summed E-state index contributed by atoms with van der Waals surface area (Å²) in [5.41, 5.74) is 3.37. The largest absolute Gasteiger partial charge is 0.490 e. The number of ether oxygens (including phenoxy) is 2. The highest BCUT2D eigenvalue weighted by Gasteiger charge is 2.18. The fourth-order valence-electron chi connectivity index (χ4n) is 2.58. The highest BCUT2D eigenvalue weighted by atomic mass is 16.6. The number of hydrogen-bond acceptors (Lipinski definition) is 4. The van der Waals surface area contributed by atoms with Crippen molar-refractivity contribution in [1.82, 2.24) is 0 Å². The molecule has 1 aliphatic rings. The number of rotatable bonds is 1. The number of hydrogen-bond donors (Lipinski definition) is 1. The van der Waals surface area contributed by atoms with Crippen LogP contribution in [0.3, 0.4) is 0 Å². The Morgan fingerprint density at radius 2 is 2.00 bits per heavy atom. The predicted octanol–water partition coefficient (Wildman–Crippen LogP) is 3.03. The Balaban J connectivity index is 2.01. The molecule has 1 N–H and O–H groups in total. The molecule has 0 amide bonds. The molecule has 0 aromatic heterocycles. The van der Waals surface area contributed by atoms with E-state index < -0.39 is 5.97 Å². The lowest BCUT2D eigenvalue weighted by atomic mass is 10.0. The van der Waals surface area contributed by atoms with Gasteiger partial charge in [0, 0.05) is 0 Å². The van der Waals surface area contributed by atoms with Crippen LogP contribution in [0.25, 0.3) is 0 Å². The summed E-state index contributed by atoms with van der Waals surface area (Å²) >= 11 is 0. The van der Waals surface area contributed by atoms with E-state index in [1.54, 1.807) is 18.2 Å². The van der Waals surface area contributed by atoms with Crippen molar-refractivity contribution in [3.8, 4) is 11.5 Å². The highest BCUT2D eigenvalue weighted by molar-refractivity contribution is 5.93. The minimum atomic E-state index is -0.392. The fraction of sp³-hybridized carbons (Fsp3) is 0.278. The third-order valence-electron chi connectivity index (χ3n) is 3.72. The third-order valence-corrected chi connectivity index (χ3v) is 3.72. The Bertz CT molecular complexity index is 706. The summed E-state index contributed by atoms with van der Waals surface area (Å²) in [4.78, 5) is 12.5. The minimum absolute atomic E-state index is 0.111. The van der Waals surface area contributed by atoms with E-state index in [4.69, 9.17) is 9.47 Å². The van der Waals surface area contributed by atoms with Crippen molar-refractivity contribution >= 4 is 5.97 Å². The van der Waals surface area contributed by atoms with Gasteiger partial charge in [0.25, 0.3) is 0 Å². The van der Waals surface area contributed by atoms with E-state index in [9.17, 15) is 9.90 Å². The first-order valence-corrected chi connectivity index (χ1v) is 7.35. The average molecular weight is 298 g/mol. The van der Waals surface area contributed by atoms with Crippen LogP contribution in [0.2, 0.25) is 0 Å². The van der Waals surface area contributed by atoms with Crippen molar-refractivity contribution in [3.05, 3.63) is 58.7 Å². The van der Waals surface area contributed by atoms with Crippen molar-refractivity contribution in [2.45, 2.75) is 26.4 Å². The molecule has 4 nitrogen and oxygen atoms in total. The second kappa shape index (κ2) is 6.20. The molecule has 114 valence electrons. The van der Waals surface area contributed by atoms with Gasteiger partial charge in [0.1, 0.15) is 0 Å². The van der Waals surface area contributed by atoms with Crippen molar-refractivity contribution in [3.63, 3.8) is 0 Å². The number of benzene rings is 2.